The molecule has 1 saturated carbocycles. The molecule has 0 aliphatic heterocycles. The van der Waals surface area contributed by atoms with Crippen LogP contribution in [0.5, 0.6) is 0 Å². The fourth-order valence-corrected chi connectivity index (χ4v) is 4.55. The molecule has 0 saturated heterocycles. The first kappa shape index (κ1) is 21.9. The van der Waals surface area contributed by atoms with Crippen LogP contribution in [-0.2, 0) is 26.2 Å². The van der Waals surface area contributed by atoms with E-state index in [0.717, 1.165) is 37.8 Å². The molecule has 0 unspecified atom stereocenters. The SMILES string of the molecule is C[C@H](NS(=O)(=O)c1ccccc1F)C(=O)Nc1cnn(CC(=O)NC2CCCC2)c1. The summed E-state index contributed by atoms with van der Waals surface area (Å²) in [5, 5.41) is 9.50. The van der Waals surface area contributed by atoms with Crippen molar-refractivity contribution in [2.24, 2.45) is 0 Å². The number of amides is 2. The van der Waals surface area contributed by atoms with E-state index < -0.39 is 32.7 Å². The standard InChI is InChI=1S/C19H24FN5O4S/c1-13(24-30(28,29)17-9-5-4-8-16(17)20)19(27)23-15-10-21-25(11-15)12-18(26)22-14-6-2-3-7-14/h4-5,8-11,13-14,24H,2-3,6-7,12H2,1H3,(H,22,26)(H,23,27)/t13-/m0/s1. The molecule has 11 heteroatoms. The van der Waals surface area contributed by atoms with Crippen LogP contribution < -0.4 is 15.4 Å². The van der Waals surface area contributed by atoms with Crippen LogP contribution in [0, 0.1) is 5.82 Å². The van der Waals surface area contributed by atoms with Crippen LogP contribution in [-0.4, -0.2) is 42.1 Å². The molecule has 2 aromatic rings. The molecule has 1 fully saturated rings. The lowest BCUT2D eigenvalue weighted by Gasteiger charge is -2.14. The van der Waals surface area contributed by atoms with Gasteiger partial charge < -0.3 is 10.6 Å². The van der Waals surface area contributed by atoms with Crippen molar-refractivity contribution in [2.75, 3.05) is 5.32 Å². The highest BCUT2D eigenvalue weighted by molar-refractivity contribution is 7.89. The second kappa shape index (κ2) is 9.35. The molecular weight excluding hydrogens is 413 g/mol. The third kappa shape index (κ3) is 5.63. The first-order valence-electron chi connectivity index (χ1n) is 9.64. The summed E-state index contributed by atoms with van der Waals surface area (Å²) in [5.74, 6) is -1.71. The normalized spacial score (nSPS) is 15.7. The molecule has 1 heterocycles. The number of nitrogens with zero attached hydrogens (tertiary/aromatic N) is 2. The molecule has 1 aliphatic carbocycles. The fourth-order valence-electron chi connectivity index (χ4n) is 3.27. The van der Waals surface area contributed by atoms with Crippen LogP contribution in [0.25, 0.3) is 0 Å². The highest BCUT2D eigenvalue weighted by atomic mass is 32.2. The van der Waals surface area contributed by atoms with Crippen molar-refractivity contribution in [3.05, 3.63) is 42.5 Å². The number of nitrogens with one attached hydrogen (secondary N) is 3. The summed E-state index contributed by atoms with van der Waals surface area (Å²) < 4.78 is 41.9. The fraction of sp³-hybridized carbons (Fsp3) is 0.421. The molecule has 1 atom stereocenters. The van der Waals surface area contributed by atoms with Crippen molar-refractivity contribution in [3.63, 3.8) is 0 Å². The van der Waals surface area contributed by atoms with Crippen molar-refractivity contribution in [1.29, 1.82) is 0 Å². The number of carbonyl (C=O) groups excluding carboxylic acids is 2. The van der Waals surface area contributed by atoms with E-state index in [2.05, 4.69) is 20.5 Å². The van der Waals surface area contributed by atoms with Crippen LogP contribution in [0.3, 0.4) is 0 Å². The monoisotopic (exact) mass is 437 g/mol. The van der Waals surface area contributed by atoms with E-state index >= 15 is 0 Å². The number of hydrogen-bond donors (Lipinski definition) is 3. The number of hydrogen-bond acceptors (Lipinski definition) is 5. The van der Waals surface area contributed by atoms with Crippen molar-refractivity contribution < 1.29 is 22.4 Å². The van der Waals surface area contributed by atoms with E-state index in [0.29, 0.717) is 5.69 Å². The molecular formula is C19H24FN5O4S. The Morgan fingerprint density at radius 3 is 2.67 bits per heavy atom. The Morgan fingerprint density at radius 1 is 1.27 bits per heavy atom. The summed E-state index contributed by atoms with van der Waals surface area (Å²) in [6, 6.07) is 3.94. The predicted molar refractivity (Wildman–Crippen MR) is 107 cm³/mol. The van der Waals surface area contributed by atoms with Gasteiger partial charge in [-0.3, -0.25) is 14.3 Å². The highest BCUT2D eigenvalue weighted by Gasteiger charge is 2.25. The van der Waals surface area contributed by atoms with Crippen molar-refractivity contribution in [2.45, 2.75) is 56.1 Å². The third-order valence-electron chi connectivity index (χ3n) is 4.78. The molecule has 162 valence electrons. The molecule has 3 rings (SSSR count). The average Bonchev–Trinajstić information content (AvgIpc) is 3.33. The lowest BCUT2D eigenvalue weighted by atomic mass is 10.2. The van der Waals surface area contributed by atoms with E-state index in [-0.39, 0.29) is 18.5 Å². The lowest BCUT2D eigenvalue weighted by Crippen LogP contribution is -2.41. The number of halogens is 1. The second-order valence-electron chi connectivity index (χ2n) is 7.24. The van der Waals surface area contributed by atoms with Gasteiger partial charge in [0.25, 0.3) is 0 Å². The maximum Gasteiger partial charge on any atom is 0.244 e. The first-order chi connectivity index (χ1) is 14.2. The van der Waals surface area contributed by atoms with Gasteiger partial charge in [-0.1, -0.05) is 25.0 Å². The van der Waals surface area contributed by atoms with Gasteiger partial charge >= 0.3 is 0 Å². The van der Waals surface area contributed by atoms with Gasteiger partial charge in [-0.15, -0.1) is 0 Å². The highest BCUT2D eigenvalue weighted by Crippen LogP contribution is 2.17. The molecule has 1 aromatic heterocycles. The van der Waals surface area contributed by atoms with E-state index in [1.807, 2.05) is 0 Å². The molecule has 1 aliphatic rings. The van der Waals surface area contributed by atoms with Gasteiger partial charge in [0, 0.05) is 12.2 Å². The maximum atomic E-state index is 13.8. The van der Waals surface area contributed by atoms with Gasteiger partial charge in [0.15, 0.2) is 0 Å². The second-order valence-corrected chi connectivity index (χ2v) is 8.92. The topological polar surface area (TPSA) is 122 Å². The van der Waals surface area contributed by atoms with Crippen LogP contribution in [0.2, 0.25) is 0 Å². The molecule has 2 amide bonds. The molecule has 0 radical (unpaired) electrons. The lowest BCUT2D eigenvalue weighted by molar-refractivity contribution is -0.122. The predicted octanol–water partition coefficient (Wildman–Crippen LogP) is 1.39. The zero-order valence-electron chi connectivity index (χ0n) is 16.5. The van der Waals surface area contributed by atoms with E-state index in [1.54, 1.807) is 0 Å². The summed E-state index contributed by atoms with van der Waals surface area (Å²) in [7, 11) is -4.21. The Labute approximate surface area is 174 Å². The number of rotatable bonds is 8. The Morgan fingerprint density at radius 2 is 1.97 bits per heavy atom. The quantitative estimate of drug-likeness (QED) is 0.576. The van der Waals surface area contributed by atoms with Crippen LogP contribution in [0.4, 0.5) is 10.1 Å². The smallest absolute Gasteiger partial charge is 0.244 e. The Kier molecular flexibility index (Phi) is 6.83. The van der Waals surface area contributed by atoms with Crippen molar-refractivity contribution in [3.8, 4) is 0 Å². The Balaban J connectivity index is 1.54. The molecule has 0 spiro atoms. The van der Waals surface area contributed by atoms with Gasteiger partial charge in [0.2, 0.25) is 21.8 Å². The summed E-state index contributed by atoms with van der Waals surface area (Å²) >= 11 is 0. The number of benzene rings is 1. The molecule has 3 N–H and O–H groups in total. The summed E-state index contributed by atoms with van der Waals surface area (Å²) in [6.07, 6.45) is 7.02. The zero-order valence-corrected chi connectivity index (χ0v) is 17.3. The number of carbonyl (C=O) groups is 2. The van der Waals surface area contributed by atoms with E-state index in [1.165, 1.54) is 36.1 Å². The summed E-state index contributed by atoms with van der Waals surface area (Å²) in [5.41, 5.74) is 0.311. The molecule has 0 bridgehead atoms. The van der Waals surface area contributed by atoms with E-state index in [4.69, 9.17) is 0 Å². The number of anilines is 1. The third-order valence-corrected chi connectivity index (χ3v) is 6.35. The van der Waals surface area contributed by atoms with Crippen LogP contribution in [0.15, 0.2) is 41.6 Å². The maximum absolute atomic E-state index is 13.8. The Hall–Kier alpha value is -2.79. The van der Waals surface area contributed by atoms with Gasteiger partial charge in [-0.2, -0.15) is 9.82 Å². The van der Waals surface area contributed by atoms with Gasteiger partial charge in [0.05, 0.1) is 17.9 Å². The minimum Gasteiger partial charge on any atom is -0.352 e. The number of sulfonamides is 1. The molecule has 30 heavy (non-hydrogen) atoms. The summed E-state index contributed by atoms with van der Waals surface area (Å²) in [6.45, 7) is 1.36. The van der Waals surface area contributed by atoms with Gasteiger partial charge in [-0.05, 0) is 31.9 Å². The van der Waals surface area contributed by atoms with Crippen molar-refractivity contribution >= 4 is 27.5 Å². The van der Waals surface area contributed by atoms with Crippen LogP contribution >= 0.6 is 0 Å². The zero-order chi connectivity index (χ0) is 21.7. The van der Waals surface area contributed by atoms with Gasteiger partial charge in [-0.25, -0.2) is 12.8 Å². The first-order valence-corrected chi connectivity index (χ1v) is 11.1. The van der Waals surface area contributed by atoms with Crippen LogP contribution in [0.1, 0.15) is 32.6 Å². The minimum atomic E-state index is -4.21. The van der Waals surface area contributed by atoms with E-state index in [9.17, 15) is 22.4 Å². The molecule has 9 nitrogen and oxygen atoms in total. The number of aromatic nitrogens is 2. The minimum absolute atomic E-state index is 0.0157. The Bertz CT molecular complexity index is 1020. The van der Waals surface area contributed by atoms with Crippen molar-refractivity contribution in [1.82, 2.24) is 19.8 Å². The largest absolute Gasteiger partial charge is 0.352 e. The average molecular weight is 437 g/mol. The molecule has 1 aromatic carbocycles. The van der Waals surface area contributed by atoms with Gasteiger partial charge in [0.1, 0.15) is 17.3 Å². The summed E-state index contributed by atoms with van der Waals surface area (Å²) in [4.78, 5) is 23.8.